The lowest BCUT2D eigenvalue weighted by Crippen LogP contribution is -2.50. The second-order valence-electron chi connectivity index (χ2n) is 7.23. The Morgan fingerprint density at radius 1 is 1.32 bits per heavy atom. The number of carbonyl (C=O) groups excluding carboxylic acids is 1. The predicted octanol–water partition coefficient (Wildman–Crippen LogP) is 2.41. The fourth-order valence-electron chi connectivity index (χ4n) is 4.28. The van der Waals surface area contributed by atoms with Gasteiger partial charge in [0, 0.05) is 13.1 Å². The maximum atomic E-state index is 12.7. The first-order valence-electron chi connectivity index (χ1n) is 8.15. The van der Waals surface area contributed by atoms with E-state index in [0.717, 1.165) is 25.6 Å². The van der Waals surface area contributed by atoms with Crippen LogP contribution in [-0.2, 0) is 4.79 Å². The number of hydrogen-bond donors (Lipinski definition) is 1. The summed E-state index contributed by atoms with van der Waals surface area (Å²) >= 11 is 0. The molecule has 3 fully saturated rings. The number of fused-ring (bicyclic) bond motifs is 1. The topological polar surface area (TPSA) is 32.3 Å². The van der Waals surface area contributed by atoms with Crippen LogP contribution in [-0.4, -0.2) is 36.5 Å². The summed E-state index contributed by atoms with van der Waals surface area (Å²) in [6.07, 6.45) is 7.51. The van der Waals surface area contributed by atoms with Crippen molar-refractivity contribution in [1.82, 2.24) is 10.2 Å². The Labute approximate surface area is 117 Å². The first-order valence-corrected chi connectivity index (χ1v) is 8.15. The summed E-state index contributed by atoms with van der Waals surface area (Å²) < 4.78 is 0. The van der Waals surface area contributed by atoms with E-state index in [0.29, 0.717) is 17.2 Å². The van der Waals surface area contributed by atoms with Crippen LogP contribution < -0.4 is 5.32 Å². The number of hydrogen-bond acceptors (Lipinski definition) is 2. The first kappa shape index (κ1) is 13.4. The highest BCUT2D eigenvalue weighted by Gasteiger charge is 2.44. The molecule has 0 spiro atoms. The molecule has 2 aliphatic heterocycles. The molecule has 0 aromatic carbocycles. The minimum absolute atomic E-state index is 0.137. The number of amides is 1. The van der Waals surface area contributed by atoms with Crippen LogP contribution in [0.25, 0.3) is 0 Å². The highest BCUT2D eigenvalue weighted by atomic mass is 16.2. The fourth-order valence-corrected chi connectivity index (χ4v) is 4.28. The standard InChI is InChI=1S/C16H28N2O/c1-3-16(2)7-9-18(10-8-16)15(19)14-13-6-4-5-12(13)11-17-14/h12-14,17H,3-11H2,1-2H3. The summed E-state index contributed by atoms with van der Waals surface area (Å²) in [5, 5.41) is 3.50. The molecule has 1 amide bonds. The van der Waals surface area contributed by atoms with Gasteiger partial charge in [-0.25, -0.2) is 0 Å². The van der Waals surface area contributed by atoms with Crippen molar-refractivity contribution in [2.24, 2.45) is 17.3 Å². The van der Waals surface area contributed by atoms with Gasteiger partial charge in [0.25, 0.3) is 0 Å². The zero-order valence-corrected chi connectivity index (χ0v) is 12.5. The fraction of sp³-hybridized carbons (Fsp3) is 0.938. The molecule has 3 unspecified atom stereocenters. The largest absolute Gasteiger partial charge is 0.341 e. The molecule has 108 valence electrons. The molecule has 2 saturated heterocycles. The minimum atomic E-state index is 0.137. The molecule has 0 aromatic rings. The van der Waals surface area contributed by atoms with Crippen molar-refractivity contribution in [2.45, 2.75) is 58.4 Å². The number of nitrogens with zero attached hydrogens (tertiary/aromatic N) is 1. The number of rotatable bonds is 2. The molecule has 3 nitrogen and oxygen atoms in total. The van der Waals surface area contributed by atoms with Gasteiger partial charge in [0.1, 0.15) is 0 Å². The average molecular weight is 264 g/mol. The second-order valence-corrected chi connectivity index (χ2v) is 7.23. The smallest absolute Gasteiger partial charge is 0.240 e. The van der Waals surface area contributed by atoms with Gasteiger partial charge < -0.3 is 10.2 Å². The van der Waals surface area contributed by atoms with Crippen LogP contribution in [0.2, 0.25) is 0 Å². The molecule has 0 radical (unpaired) electrons. The van der Waals surface area contributed by atoms with E-state index in [1.807, 2.05) is 0 Å². The van der Waals surface area contributed by atoms with E-state index >= 15 is 0 Å². The van der Waals surface area contributed by atoms with Gasteiger partial charge in [-0.15, -0.1) is 0 Å². The summed E-state index contributed by atoms with van der Waals surface area (Å²) in [6.45, 7) is 7.66. The van der Waals surface area contributed by atoms with Crippen LogP contribution in [0.3, 0.4) is 0 Å². The van der Waals surface area contributed by atoms with Crippen molar-refractivity contribution in [3.8, 4) is 0 Å². The number of likely N-dealkylation sites (tertiary alicyclic amines) is 1. The molecule has 3 rings (SSSR count). The molecular weight excluding hydrogens is 236 g/mol. The Bertz CT molecular complexity index is 347. The van der Waals surface area contributed by atoms with Gasteiger partial charge in [0.15, 0.2) is 0 Å². The highest BCUT2D eigenvalue weighted by molar-refractivity contribution is 5.82. The lowest BCUT2D eigenvalue weighted by atomic mass is 9.78. The van der Waals surface area contributed by atoms with Crippen molar-refractivity contribution in [2.75, 3.05) is 19.6 Å². The summed E-state index contributed by atoms with van der Waals surface area (Å²) in [5.41, 5.74) is 0.468. The Balaban J connectivity index is 1.60. The van der Waals surface area contributed by atoms with Crippen LogP contribution >= 0.6 is 0 Å². The maximum Gasteiger partial charge on any atom is 0.240 e. The molecule has 2 heterocycles. The molecule has 1 aliphatic carbocycles. The zero-order valence-electron chi connectivity index (χ0n) is 12.5. The van der Waals surface area contributed by atoms with Crippen LogP contribution in [0.4, 0.5) is 0 Å². The summed E-state index contributed by atoms with van der Waals surface area (Å²) in [6, 6.07) is 0.137. The SMILES string of the molecule is CCC1(C)CCN(C(=O)C2NCC3CCCC32)CC1. The summed E-state index contributed by atoms with van der Waals surface area (Å²) in [7, 11) is 0. The number of carbonyl (C=O) groups is 1. The van der Waals surface area contributed by atoms with E-state index in [1.54, 1.807) is 0 Å². The lowest BCUT2D eigenvalue weighted by molar-refractivity contribution is -0.136. The molecule has 0 bridgehead atoms. The van der Waals surface area contributed by atoms with E-state index in [2.05, 4.69) is 24.1 Å². The molecule has 0 aromatic heterocycles. The molecular formula is C16H28N2O. The quantitative estimate of drug-likeness (QED) is 0.830. The molecule has 19 heavy (non-hydrogen) atoms. The van der Waals surface area contributed by atoms with Gasteiger partial charge in [-0.3, -0.25) is 4.79 Å². The van der Waals surface area contributed by atoms with Gasteiger partial charge in [-0.2, -0.15) is 0 Å². The normalized spacial score (nSPS) is 37.4. The molecule has 3 heteroatoms. The van der Waals surface area contributed by atoms with Crippen molar-refractivity contribution >= 4 is 5.91 Å². The first-order chi connectivity index (χ1) is 9.13. The van der Waals surface area contributed by atoms with E-state index in [4.69, 9.17) is 0 Å². The predicted molar refractivity (Wildman–Crippen MR) is 76.8 cm³/mol. The highest BCUT2D eigenvalue weighted by Crippen LogP contribution is 2.39. The van der Waals surface area contributed by atoms with E-state index in [-0.39, 0.29) is 6.04 Å². The van der Waals surface area contributed by atoms with Crippen LogP contribution in [0, 0.1) is 17.3 Å². The average Bonchev–Trinajstić information content (AvgIpc) is 3.01. The Morgan fingerprint density at radius 2 is 2.05 bits per heavy atom. The second kappa shape index (κ2) is 5.08. The van der Waals surface area contributed by atoms with Crippen molar-refractivity contribution in [1.29, 1.82) is 0 Å². The van der Waals surface area contributed by atoms with Gasteiger partial charge in [0.2, 0.25) is 5.91 Å². The Kier molecular flexibility index (Phi) is 3.59. The van der Waals surface area contributed by atoms with E-state index in [9.17, 15) is 4.79 Å². The zero-order chi connectivity index (χ0) is 13.5. The van der Waals surface area contributed by atoms with E-state index < -0.39 is 0 Å². The molecule has 3 atom stereocenters. The number of nitrogens with one attached hydrogen (secondary N) is 1. The van der Waals surface area contributed by atoms with Gasteiger partial charge in [-0.05, 0) is 49.5 Å². The van der Waals surface area contributed by atoms with Crippen molar-refractivity contribution < 1.29 is 4.79 Å². The molecule has 1 N–H and O–H groups in total. The van der Waals surface area contributed by atoms with Crippen molar-refractivity contribution in [3.63, 3.8) is 0 Å². The Morgan fingerprint density at radius 3 is 2.74 bits per heavy atom. The third-order valence-electron chi connectivity index (χ3n) is 6.15. The summed E-state index contributed by atoms with van der Waals surface area (Å²) in [5.74, 6) is 1.80. The molecule has 1 saturated carbocycles. The third-order valence-corrected chi connectivity index (χ3v) is 6.15. The summed E-state index contributed by atoms with van der Waals surface area (Å²) in [4.78, 5) is 14.8. The van der Waals surface area contributed by atoms with Crippen LogP contribution in [0.1, 0.15) is 52.4 Å². The number of piperidine rings is 1. The third kappa shape index (κ3) is 2.42. The van der Waals surface area contributed by atoms with E-state index in [1.165, 1.54) is 38.5 Å². The monoisotopic (exact) mass is 264 g/mol. The minimum Gasteiger partial charge on any atom is -0.341 e. The van der Waals surface area contributed by atoms with Crippen molar-refractivity contribution in [3.05, 3.63) is 0 Å². The van der Waals surface area contributed by atoms with Gasteiger partial charge in [0.05, 0.1) is 6.04 Å². The lowest BCUT2D eigenvalue weighted by Gasteiger charge is -2.40. The Hall–Kier alpha value is -0.570. The molecule has 3 aliphatic rings. The van der Waals surface area contributed by atoms with Crippen LogP contribution in [0.15, 0.2) is 0 Å². The maximum absolute atomic E-state index is 12.7. The van der Waals surface area contributed by atoms with Gasteiger partial charge in [-0.1, -0.05) is 26.7 Å². The van der Waals surface area contributed by atoms with Crippen LogP contribution in [0.5, 0.6) is 0 Å². The van der Waals surface area contributed by atoms with Gasteiger partial charge >= 0.3 is 0 Å².